The van der Waals surface area contributed by atoms with Crippen LogP contribution in [0, 0.1) is 11.8 Å². The lowest BCUT2D eigenvalue weighted by Crippen LogP contribution is -2.47. The smallest absolute Gasteiger partial charge is 0.337 e. The molecule has 0 radical (unpaired) electrons. The number of rotatable bonds is 6. The summed E-state index contributed by atoms with van der Waals surface area (Å²) in [6, 6.07) is 0. The number of ether oxygens (including phenoxy) is 4. The fourth-order valence-corrected chi connectivity index (χ4v) is 3.60. The quantitative estimate of drug-likeness (QED) is 0.245. The van der Waals surface area contributed by atoms with Crippen molar-refractivity contribution in [3.63, 3.8) is 0 Å². The molecule has 0 aromatic heterocycles. The number of aliphatic hydroxyl groups excluding tert-OH is 2. The van der Waals surface area contributed by atoms with Gasteiger partial charge >= 0.3 is 23.9 Å². The minimum atomic E-state index is -1.60. The summed E-state index contributed by atoms with van der Waals surface area (Å²) in [6.07, 6.45) is -3.07. The van der Waals surface area contributed by atoms with Gasteiger partial charge in [0.1, 0.15) is 6.10 Å². The van der Waals surface area contributed by atoms with Crippen LogP contribution in [0.3, 0.4) is 0 Å². The predicted molar refractivity (Wildman–Crippen MR) is 118 cm³/mol. The van der Waals surface area contributed by atoms with Crippen molar-refractivity contribution in [2.75, 3.05) is 13.7 Å². The molecule has 2 rings (SSSR count). The SMILES string of the molecule is C=C(C)C(=O)OC1C(C(=O)OC)=CC(O)CC(CO)=CC2OC(=O)C(=C)C2C1OC(=O)C(C)C. The Bertz CT molecular complexity index is 941. The average Bonchev–Trinajstić information content (AvgIpc) is 3.05. The molecule has 1 aliphatic carbocycles. The van der Waals surface area contributed by atoms with Crippen LogP contribution in [-0.4, -0.2) is 72.2 Å². The van der Waals surface area contributed by atoms with Gasteiger partial charge in [-0.2, -0.15) is 0 Å². The number of methoxy groups -OCH3 is 1. The summed E-state index contributed by atoms with van der Waals surface area (Å²) in [4.78, 5) is 50.4. The number of aliphatic hydroxyl groups is 2. The van der Waals surface area contributed by atoms with Crippen molar-refractivity contribution in [1.29, 1.82) is 0 Å². The van der Waals surface area contributed by atoms with Crippen LogP contribution in [-0.2, 0) is 38.1 Å². The zero-order valence-electron chi connectivity index (χ0n) is 19.6. The maximum absolute atomic E-state index is 12.8. The topological polar surface area (TPSA) is 146 Å². The van der Waals surface area contributed by atoms with E-state index in [-0.39, 0.29) is 23.1 Å². The lowest BCUT2D eigenvalue weighted by Gasteiger charge is -2.34. The van der Waals surface area contributed by atoms with E-state index in [4.69, 9.17) is 18.9 Å². The Kier molecular flexibility index (Phi) is 8.94. The highest BCUT2D eigenvalue weighted by atomic mass is 16.6. The van der Waals surface area contributed by atoms with Crippen LogP contribution < -0.4 is 0 Å². The van der Waals surface area contributed by atoms with Gasteiger partial charge in [-0.1, -0.05) is 27.0 Å². The molecule has 0 aromatic rings. The molecule has 0 bridgehead atoms. The van der Waals surface area contributed by atoms with Crippen molar-refractivity contribution in [2.24, 2.45) is 11.8 Å². The molecule has 5 atom stereocenters. The van der Waals surface area contributed by atoms with Crippen LogP contribution in [0.5, 0.6) is 0 Å². The molecule has 186 valence electrons. The number of esters is 4. The summed E-state index contributed by atoms with van der Waals surface area (Å²) in [6.45, 7) is 11.3. The van der Waals surface area contributed by atoms with Crippen LogP contribution in [0.4, 0.5) is 0 Å². The van der Waals surface area contributed by atoms with Crippen molar-refractivity contribution in [3.05, 3.63) is 47.6 Å². The zero-order chi connectivity index (χ0) is 25.7. The second-order valence-electron chi connectivity index (χ2n) is 8.45. The van der Waals surface area contributed by atoms with Crippen LogP contribution in [0.1, 0.15) is 27.2 Å². The van der Waals surface area contributed by atoms with Gasteiger partial charge in [0.15, 0.2) is 12.2 Å². The lowest BCUT2D eigenvalue weighted by molar-refractivity contribution is -0.171. The average molecular weight is 478 g/mol. The Morgan fingerprint density at radius 2 is 1.88 bits per heavy atom. The third kappa shape index (κ3) is 6.00. The van der Waals surface area contributed by atoms with E-state index in [0.29, 0.717) is 5.57 Å². The fourth-order valence-electron chi connectivity index (χ4n) is 3.60. The molecule has 10 nitrogen and oxygen atoms in total. The molecule has 34 heavy (non-hydrogen) atoms. The summed E-state index contributed by atoms with van der Waals surface area (Å²) in [7, 11) is 1.09. The Morgan fingerprint density at radius 3 is 2.41 bits per heavy atom. The predicted octanol–water partition coefficient (Wildman–Crippen LogP) is 0.923. The highest BCUT2D eigenvalue weighted by Gasteiger charge is 2.51. The second-order valence-corrected chi connectivity index (χ2v) is 8.45. The highest BCUT2D eigenvalue weighted by Crippen LogP contribution is 2.38. The van der Waals surface area contributed by atoms with Gasteiger partial charge < -0.3 is 29.2 Å². The molecule has 0 spiro atoms. The summed E-state index contributed by atoms with van der Waals surface area (Å²) < 4.78 is 21.4. The first-order chi connectivity index (χ1) is 15.9. The summed E-state index contributed by atoms with van der Waals surface area (Å²) in [5.74, 6) is -5.06. The van der Waals surface area contributed by atoms with Crippen molar-refractivity contribution in [3.8, 4) is 0 Å². The van der Waals surface area contributed by atoms with E-state index in [1.165, 1.54) is 13.0 Å². The Morgan fingerprint density at radius 1 is 1.24 bits per heavy atom. The minimum absolute atomic E-state index is 0.00705. The summed E-state index contributed by atoms with van der Waals surface area (Å²) in [5, 5.41) is 20.3. The van der Waals surface area contributed by atoms with Crippen LogP contribution in [0.15, 0.2) is 47.6 Å². The largest absolute Gasteiger partial charge is 0.466 e. The molecule has 10 heteroatoms. The zero-order valence-corrected chi connectivity index (χ0v) is 19.6. The van der Waals surface area contributed by atoms with E-state index >= 15 is 0 Å². The molecule has 1 aliphatic heterocycles. The number of hydrogen-bond acceptors (Lipinski definition) is 10. The molecule has 0 amide bonds. The van der Waals surface area contributed by atoms with Gasteiger partial charge in [0.2, 0.25) is 0 Å². The number of hydrogen-bond donors (Lipinski definition) is 2. The molecule has 1 saturated heterocycles. The second kappa shape index (κ2) is 11.3. The molecule has 0 saturated carbocycles. The Labute approximate surface area is 197 Å². The van der Waals surface area contributed by atoms with Crippen LogP contribution in [0.2, 0.25) is 0 Å². The van der Waals surface area contributed by atoms with Gasteiger partial charge in [-0.05, 0) is 24.6 Å². The van der Waals surface area contributed by atoms with E-state index in [2.05, 4.69) is 13.2 Å². The van der Waals surface area contributed by atoms with E-state index in [9.17, 15) is 29.4 Å². The van der Waals surface area contributed by atoms with E-state index in [1.54, 1.807) is 13.8 Å². The molecule has 1 fully saturated rings. The van der Waals surface area contributed by atoms with Gasteiger partial charge in [-0.3, -0.25) is 4.79 Å². The molecule has 1 heterocycles. The number of carbonyl (C=O) groups excluding carboxylic acids is 4. The molecule has 2 aliphatic rings. The van der Waals surface area contributed by atoms with Crippen molar-refractivity contribution >= 4 is 23.9 Å². The molecular weight excluding hydrogens is 448 g/mol. The van der Waals surface area contributed by atoms with E-state index in [1.807, 2.05) is 0 Å². The molecular formula is C24H30O10. The molecule has 5 unspecified atom stereocenters. The van der Waals surface area contributed by atoms with Gasteiger partial charge in [0.25, 0.3) is 0 Å². The first-order valence-corrected chi connectivity index (χ1v) is 10.7. The van der Waals surface area contributed by atoms with Crippen molar-refractivity contribution < 1.29 is 48.3 Å². The Hall–Kier alpha value is -3.24. The molecule has 2 N–H and O–H groups in total. The van der Waals surface area contributed by atoms with Crippen molar-refractivity contribution in [2.45, 2.75) is 51.6 Å². The van der Waals surface area contributed by atoms with E-state index in [0.717, 1.165) is 13.2 Å². The minimum Gasteiger partial charge on any atom is -0.466 e. The normalized spacial score (nSPS) is 27.1. The summed E-state index contributed by atoms with van der Waals surface area (Å²) in [5.41, 5.74) is -0.109. The third-order valence-electron chi connectivity index (χ3n) is 5.39. The van der Waals surface area contributed by atoms with Gasteiger partial charge in [-0.25, -0.2) is 14.4 Å². The standard InChI is InChI=1S/C24H30O10/c1-11(2)21(27)33-19-16(24(30)31-6)9-15(26)7-14(10-25)8-17-18(13(5)23(29)32-17)20(19)34-22(28)12(3)4/h8-9,12,15,17-20,25-26H,1,5,7,10H2,2-4,6H3. The molecule has 0 aromatic carbocycles. The number of fused-ring (bicyclic) bond motifs is 1. The monoisotopic (exact) mass is 478 g/mol. The number of carbonyl (C=O) groups is 4. The lowest BCUT2D eigenvalue weighted by atomic mass is 9.83. The summed E-state index contributed by atoms with van der Waals surface area (Å²) >= 11 is 0. The third-order valence-corrected chi connectivity index (χ3v) is 5.39. The van der Waals surface area contributed by atoms with Crippen LogP contribution in [0.25, 0.3) is 0 Å². The van der Waals surface area contributed by atoms with Crippen molar-refractivity contribution in [1.82, 2.24) is 0 Å². The highest BCUT2D eigenvalue weighted by molar-refractivity contribution is 5.94. The Balaban J connectivity index is 2.80. The first-order valence-electron chi connectivity index (χ1n) is 10.7. The maximum Gasteiger partial charge on any atom is 0.337 e. The van der Waals surface area contributed by atoms with Gasteiger partial charge in [-0.15, -0.1) is 0 Å². The van der Waals surface area contributed by atoms with E-state index < -0.39 is 66.7 Å². The van der Waals surface area contributed by atoms with Gasteiger partial charge in [0, 0.05) is 17.6 Å². The van der Waals surface area contributed by atoms with Gasteiger partial charge in [0.05, 0.1) is 37.2 Å². The fraction of sp³-hybridized carbons (Fsp3) is 0.500. The maximum atomic E-state index is 12.8. The van der Waals surface area contributed by atoms with Crippen LogP contribution >= 0.6 is 0 Å². The first kappa shape index (κ1) is 27.0.